The van der Waals surface area contributed by atoms with Crippen LogP contribution in [-0.4, -0.2) is 12.1 Å². The molecule has 1 heterocycles. The van der Waals surface area contributed by atoms with Crippen LogP contribution >= 0.6 is 0 Å². The van der Waals surface area contributed by atoms with Crippen molar-refractivity contribution in [1.29, 1.82) is 0 Å². The summed E-state index contributed by atoms with van der Waals surface area (Å²) in [6.07, 6.45) is 6.72. The molecule has 0 aliphatic heterocycles. The lowest BCUT2D eigenvalue weighted by Crippen LogP contribution is -2.26. The minimum Gasteiger partial charge on any atom is -0.462 e. The first-order chi connectivity index (χ1) is 10.1. The molecule has 3 atom stereocenters. The summed E-state index contributed by atoms with van der Waals surface area (Å²) in [5.74, 6) is 3.67. The highest BCUT2D eigenvalue weighted by atomic mass is 16.5. The number of ether oxygens (including phenoxy) is 1. The monoisotopic (exact) mass is 291 g/mol. The van der Waals surface area contributed by atoms with Crippen molar-refractivity contribution in [3.8, 4) is 0 Å². The molecule has 3 heteroatoms. The average molecular weight is 291 g/mol. The molecule has 0 aromatic carbocycles. The highest BCUT2D eigenvalue weighted by Crippen LogP contribution is 2.31. The molecule has 2 saturated carbocycles. The van der Waals surface area contributed by atoms with E-state index in [9.17, 15) is 0 Å². The average Bonchev–Trinajstić information content (AvgIpc) is 3.22. The maximum absolute atomic E-state index is 6.08. The molecule has 3 unspecified atom stereocenters. The minimum absolute atomic E-state index is 0.412. The summed E-state index contributed by atoms with van der Waals surface area (Å²) in [4.78, 5) is 0. The van der Waals surface area contributed by atoms with Crippen LogP contribution in [0.3, 0.4) is 0 Å². The van der Waals surface area contributed by atoms with E-state index in [0.717, 1.165) is 35.9 Å². The van der Waals surface area contributed by atoms with E-state index in [4.69, 9.17) is 9.15 Å². The summed E-state index contributed by atoms with van der Waals surface area (Å²) >= 11 is 0. The molecule has 0 spiro atoms. The van der Waals surface area contributed by atoms with E-state index in [1.54, 1.807) is 0 Å². The third-order valence-corrected chi connectivity index (χ3v) is 5.21. The Morgan fingerprint density at radius 3 is 2.71 bits per heavy atom. The first-order valence-electron chi connectivity index (χ1n) is 8.55. The van der Waals surface area contributed by atoms with Crippen LogP contribution in [0.15, 0.2) is 10.5 Å². The molecule has 1 aromatic rings. The van der Waals surface area contributed by atoms with Crippen LogP contribution in [0.5, 0.6) is 0 Å². The van der Waals surface area contributed by atoms with E-state index >= 15 is 0 Å². The van der Waals surface area contributed by atoms with Gasteiger partial charge in [0.15, 0.2) is 0 Å². The van der Waals surface area contributed by atoms with Crippen molar-refractivity contribution < 1.29 is 9.15 Å². The van der Waals surface area contributed by atoms with Crippen molar-refractivity contribution in [2.75, 3.05) is 0 Å². The lowest BCUT2D eigenvalue weighted by molar-refractivity contribution is -0.0142. The maximum Gasteiger partial charge on any atom is 0.130 e. The summed E-state index contributed by atoms with van der Waals surface area (Å²) in [5, 5.41) is 3.51. The van der Waals surface area contributed by atoms with Gasteiger partial charge in [-0.3, -0.25) is 0 Å². The van der Waals surface area contributed by atoms with Crippen molar-refractivity contribution in [3.05, 3.63) is 23.2 Å². The van der Waals surface area contributed by atoms with Crippen LogP contribution in [0.1, 0.15) is 63.0 Å². The largest absolute Gasteiger partial charge is 0.462 e. The predicted octanol–water partition coefficient (Wildman–Crippen LogP) is 4.18. The summed E-state index contributed by atoms with van der Waals surface area (Å²) in [6, 6.07) is 2.86. The number of aryl methyl sites for hydroxylation is 1. The van der Waals surface area contributed by atoms with Gasteiger partial charge >= 0.3 is 0 Å². The summed E-state index contributed by atoms with van der Waals surface area (Å²) in [7, 11) is 0. The molecule has 2 aliphatic rings. The molecule has 21 heavy (non-hydrogen) atoms. The summed E-state index contributed by atoms with van der Waals surface area (Å²) < 4.78 is 12.0. The normalized spacial score (nSPS) is 29.8. The van der Waals surface area contributed by atoms with Gasteiger partial charge < -0.3 is 14.5 Å². The molecule has 3 nitrogen and oxygen atoms in total. The third-order valence-electron chi connectivity index (χ3n) is 5.21. The van der Waals surface area contributed by atoms with Crippen LogP contribution < -0.4 is 5.32 Å². The number of furan rings is 1. The van der Waals surface area contributed by atoms with Crippen LogP contribution in [0.25, 0.3) is 0 Å². The number of hydrogen-bond donors (Lipinski definition) is 1. The highest BCUT2D eigenvalue weighted by molar-refractivity contribution is 5.19. The van der Waals surface area contributed by atoms with Crippen molar-refractivity contribution >= 4 is 0 Å². The van der Waals surface area contributed by atoms with E-state index < -0.39 is 0 Å². The van der Waals surface area contributed by atoms with Gasteiger partial charge in [-0.15, -0.1) is 0 Å². The van der Waals surface area contributed by atoms with Gasteiger partial charge in [0, 0.05) is 6.04 Å². The fourth-order valence-corrected chi connectivity index (χ4v) is 3.21. The quantitative estimate of drug-likeness (QED) is 0.853. The number of rotatable bonds is 6. The topological polar surface area (TPSA) is 34.4 Å². The standard InChI is InChI=1S/C18H29NO2/c1-12-4-7-16(8-13(12)2)20-11-17-9-14(3)18(21-17)10-19-15-5-6-15/h9,12-13,15-16,19H,4-8,10-11H2,1-3H3. The molecule has 3 rings (SSSR count). The minimum atomic E-state index is 0.412. The SMILES string of the molecule is Cc1cc(COC2CCC(C)C(C)C2)oc1CNC1CC1. The Balaban J connectivity index is 1.47. The van der Waals surface area contributed by atoms with Gasteiger partial charge in [0.05, 0.1) is 12.6 Å². The number of nitrogens with one attached hydrogen (secondary N) is 1. The molecule has 118 valence electrons. The molecular weight excluding hydrogens is 262 g/mol. The molecule has 2 aliphatic carbocycles. The molecule has 0 saturated heterocycles. The Morgan fingerprint density at radius 1 is 1.19 bits per heavy atom. The van der Waals surface area contributed by atoms with Crippen molar-refractivity contribution in [1.82, 2.24) is 5.32 Å². The second-order valence-electron chi connectivity index (χ2n) is 7.17. The van der Waals surface area contributed by atoms with Gasteiger partial charge in [-0.05, 0) is 62.5 Å². The van der Waals surface area contributed by atoms with E-state index in [1.165, 1.54) is 37.7 Å². The van der Waals surface area contributed by atoms with E-state index in [-0.39, 0.29) is 0 Å². The molecule has 0 radical (unpaired) electrons. The fourth-order valence-electron chi connectivity index (χ4n) is 3.21. The van der Waals surface area contributed by atoms with Crippen molar-refractivity contribution in [3.63, 3.8) is 0 Å². The van der Waals surface area contributed by atoms with Gasteiger partial charge in [0.1, 0.15) is 18.1 Å². The van der Waals surface area contributed by atoms with Gasteiger partial charge in [0.2, 0.25) is 0 Å². The van der Waals surface area contributed by atoms with Crippen molar-refractivity contribution in [2.45, 2.75) is 78.2 Å². The zero-order chi connectivity index (χ0) is 14.8. The lowest BCUT2D eigenvalue weighted by Gasteiger charge is -2.31. The van der Waals surface area contributed by atoms with Gasteiger partial charge in [-0.1, -0.05) is 13.8 Å². The third kappa shape index (κ3) is 4.10. The highest BCUT2D eigenvalue weighted by Gasteiger charge is 2.25. The molecule has 0 bridgehead atoms. The zero-order valence-corrected chi connectivity index (χ0v) is 13.7. The summed E-state index contributed by atoms with van der Waals surface area (Å²) in [6.45, 7) is 8.31. The van der Waals surface area contributed by atoms with E-state index in [1.807, 2.05) is 0 Å². The Kier molecular flexibility index (Phi) is 4.70. The maximum atomic E-state index is 6.08. The predicted molar refractivity (Wildman–Crippen MR) is 84.1 cm³/mol. The zero-order valence-electron chi connectivity index (χ0n) is 13.7. The Hall–Kier alpha value is -0.800. The second-order valence-corrected chi connectivity index (χ2v) is 7.17. The Bertz CT molecular complexity index is 464. The van der Waals surface area contributed by atoms with Crippen LogP contribution in [0.2, 0.25) is 0 Å². The molecular formula is C18H29NO2. The second kappa shape index (κ2) is 6.53. The first-order valence-corrected chi connectivity index (χ1v) is 8.55. The van der Waals surface area contributed by atoms with Crippen LogP contribution in [-0.2, 0) is 17.9 Å². The smallest absolute Gasteiger partial charge is 0.130 e. The Morgan fingerprint density at radius 2 is 2.00 bits per heavy atom. The molecule has 1 N–H and O–H groups in total. The summed E-state index contributed by atoms with van der Waals surface area (Å²) in [5.41, 5.74) is 1.24. The molecule has 0 amide bonds. The van der Waals surface area contributed by atoms with Gasteiger partial charge in [-0.25, -0.2) is 0 Å². The Labute approximate surface area is 128 Å². The molecule has 1 aromatic heterocycles. The number of hydrogen-bond acceptors (Lipinski definition) is 3. The lowest BCUT2D eigenvalue weighted by atomic mass is 9.80. The molecule has 2 fully saturated rings. The van der Waals surface area contributed by atoms with E-state index in [0.29, 0.717) is 12.7 Å². The van der Waals surface area contributed by atoms with E-state index in [2.05, 4.69) is 32.2 Å². The van der Waals surface area contributed by atoms with Gasteiger partial charge in [-0.2, -0.15) is 0 Å². The first kappa shape index (κ1) is 15.1. The van der Waals surface area contributed by atoms with Crippen LogP contribution in [0, 0.1) is 18.8 Å². The van der Waals surface area contributed by atoms with Gasteiger partial charge in [0.25, 0.3) is 0 Å². The fraction of sp³-hybridized carbons (Fsp3) is 0.778. The van der Waals surface area contributed by atoms with Crippen molar-refractivity contribution in [2.24, 2.45) is 11.8 Å². The van der Waals surface area contributed by atoms with Crippen LogP contribution in [0.4, 0.5) is 0 Å².